The summed E-state index contributed by atoms with van der Waals surface area (Å²) in [5.74, 6) is 0.519. The van der Waals surface area contributed by atoms with Crippen molar-refractivity contribution in [3.05, 3.63) is 50.6 Å². The number of hydrogen-bond acceptors (Lipinski definition) is 5. The van der Waals surface area contributed by atoms with Crippen LogP contribution in [-0.4, -0.2) is 27.4 Å². The molecule has 0 bridgehead atoms. The molecular weight excluding hydrogens is 360 g/mol. The van der Waals surface area contributed by atoms with Gasteiger partial charge in [0.2, 0.25) is 5.91 Å². The molecule has 6 nitrogen and oxygen atoms in total. The van der Waals surface area contributed by atoms with Crippen molar-refractivity contribution in [2.75, 3.05) is 11.4 Å². The average Bonchev–Trinajstić information content (AvgIpc) is 3.25. The maximum Gasteiger partial charge on any atom is 0.279 e. The number of carbonyl (C=O) groups excluding carboxylic acids is 1. The normalized spacial score (nSPS) is 18.6. The lowest BCUT2D eigenvalue weighted by Gasteiger charge is -2.18. The summed E-state index contributed by atoms with van der Waals surface area (Å²) >= 11 is 1.58. The Balaban J connectivity index is 1.49. The topological polar surface area (TPSA) is 68.1 Å². The van der Waals surface area contributed by atoms with Gasteiger partial charge in [-0.3, -0.25) is 9.59 Å². The first-order chi connectivity index (χ1) is 13.1. The first kappa shape index (κ1) is 16.6. The van der Waals surface area contributed by atoms with Crippen molar-refractivity contribution < 1.29 is 4.79 Å². The van der Waals surface area contributed by atoms with Crippen molar-refractivity contribution in [3.8, 4) is 0 Å². The summed E-state index contributed by atoms with van der Waals surface area (Å²) in [6.45, 7) is 2.81. The van der Waals surface area contributed by atoms with Crippen molar-refractivity contribution >= 4 is 33.1 Å². The van der Waals surface area contributed by atoms with Gasteiger partial charge >= 0.3 is 0 Å². The lowest BCUT2D eigenvalue weighted by Crippen LogP contribution is -2.37. The maximum atomic E-state index is 13.0. The number of anilines is 1. The van der Waals surface area contributed by atoms with E-state index in [1.165, 1.54) is 15.1 Å². The number of aromatic nitrogens is 3. The molecule has 0 fully saturated rings. The molecule has 0 unspecified atom stereocenters. The molecule has 1 aliphatic carbocycles. The second kappa shape index (κ2) is 6.27. The fourth-order valence-electron chi connectivity index (χ4n) is 4.21. The Morgan fingerprint density at radius 3 is 3.04 bits per heavy atom. The van der Waals surface area contributed by atoms with Crippen molar-refractivity contribution in [1.29, 1.82) is 0 Å². The molecule has 2 aromatic heterocycles. The van der Waals surface area contributed by atoms with E-state index in [1.54, 1.807) is 16.2 Å². The first-order valence-electron chi connectivity index (χ1n) is 9.38. The fourth-order valence-corrected chi connectivity index (χ4v) is 5.52. The number of thiophene rings is 1. The second-order valence-electron chi connectivity index (χ2n) is 7.51. The Labute approximate surface area is 160 Å². The monoisotopic (exact) mass is 380 g/mol. The van der Waals surface area contributed by atoms with Crippen LogP contribution in [0.5, 0.6) is 0 Å². The summed E-state index contributed by atoms with van der Waals surface area (Å²) in [6.07, 6.45) is 3.84. The number of rotatable bonds is 2. The van der Waals surface area contributed by atoms with Crippen LogP contribution in [0.1, 0.15) is 29.3 Å². The SMILES string of the molecule is C[C@@H]1CCc2c(sc3nnn(CC(=O)N4CCc5ccccc54)c(=O)c23)C1. The number of carbonyl (C=O) groups is 1. The van der Waals surface area contributed by atoms with Crippen molar-refractivity contribution in [1.82, 2.24) is 15.0 Å². The van der Waals surface area contributed by atoms with Gasteiger partial charge in [0.15, 0.2) is 4.83 Å². The van der Waals surface area contributed by atoms with Crippen LogP contribution in [0.3, 0.4) is 0 Å². The molecule has 1 aliphatic heterocycles. The lowest BCUT2D eigenvalue weighted by atomic mass is 9.89. The predicted molar refractivity (Wildman–Crippen MR) is 105 cm³/mol. The molecule has 2 aliphatic rings. The van der Waals surface area contributed by atoms with E-state index in [4.69, 9.17) is 0 Å². The van der Waals surface area contributed by atoms with E-state index in [9.17, 15) is 9.59 Å². The minimum absolute atomic E-state index is 0.0723. The van der Waals surface area contributed by atoms with Crippen LogP contribution in [0.4, 0.5) is 5.69 Å². The molecule has 0 saturated carbocycles. The molecular formula is C20H20N4O2S. The summed E-state index contributed by atoms with van der Waals surface area (Å²) in [4.78, 5) is 29.6. The van der Waals surface area contributed by atoms with Crippen LogP contribution in [0.2, 0.25) is 0 Å². The largest absolute Gasteiger partial charge is 0.310 e. The summed E-state index contributed by atoms with van der Waals surface area (Å²) in [5, 5.41) is 8.98. The zero-order valence-electron chi connectivity index (χ0n) is 15.1. The van der Waals surface area contributed by atoms with Crippen LogP contribution >= 0.6 is 11.3 Å². The number of fused-ring (bicyclic) bond motifs is 4. The third-order valence-corrected chi connectivity index (χ3v) is 6.80. The summed E-state index contributed by atoms with van der Waals surface area (Å²) < 4.78 is 1.23. The number of para-hydroxylation sites is 1. The predicted octanol–water partition coefficient (Wildman–Crippen LogP) is 2.57. The van der Waals surface area contributed by atoms with Gasteiger partial charge in [0.25, 0.3) is 5.56 Å². The highest BCUT2D eigenvalue weighted by Crippen LogP contribution is 2.35. The van der Waals surface area contributed by atoms with Gasteiger partial charge in [0.1, 0.15) is 6.54 Å². The average molecular weight is 380 g/mol. The third kappa shape index (κ3) is 2.68. The van der Waals surface area contributed by atoms with Crippen LogP contribution in [0.25, 0.3) is 10.2 Å². The Bertz CT molecular complexity index is 1120. The third-order valence-electron chi connectivity index (χ3n) is 5.66. The number of hydrogen-bond donors (Lipinski definition) is 0. The zero-order valence-corrected chi connectivity index (χ0v) is 16.0. The van der Waals surface area contributed by atoms with E-state index in [0.717, 1.165) is 36.9 Å². The Kier molecular flexibility index (Phi) is 3.86. The van der Waals surface area contributed by atoms with E-state index in [0.29, 0.717) is 22.7 Å². The highest BCUT2D eigenvalue weighted by molar-refractivity contribution is 7.18. The smallest absolute Gasteiger partial charge is 0.279 e. The molecule has 5 rings (SSSR count). The first-order valence-corrected chi connectivity index (χ1v) is 10.2. The van der Waals surface area contributed by atoms with E-state index < -0.39 is 0 Å². The standard InChI is InChI=1S/C20H20N4O2S/c1-12-6-7-14-16(10-12)27-19-18(14)20(26)24(22-21-19)11-17(25)23-9-8-13-4-2-3-5-15(13)23/h2-5,12H,6-11H2,1H3/t12-/m1/s1. The van der Waals surface area contributed by atoms with Crippen molar-refractivity contribution in [3.63, 3.8) is 0 Å². The van der Waals surface area contributed by atoms with Gasteiger partial charge in [-0.2, -0.15) is 0 Å². The van der Waals surface area contributed by atoms with Crippen molar-refractivity contribution in [2.24, 2.45) is 5.92 Å². The molecule has 1 atom stereocenters. The van der Waals surface area contributed by atoms with E-state index in [1.807, 2.05) is 24.3 Å². The van der Waals surface area contributed by atoms with Gasteiger partial charge < -0.3 is 4.90 Å². The molecule has 0 N–H and O–H groups in total. The van der Waals surface area contributed by atoms with Crippen LogP contribution in [0, 0.1) is 5.92 Å². The minimum Gasteiger partial charge on any atom is -0.310 e. The molecule has 1 aromatic carbocycles. The highest BCUT2D eigenvalue weighted by Gasteiger charge is 2.27. The zero-order chi connectivity index (χ0) is 18.5. The molecule has 0 saturated heterocycles. The Morgan fingerprint density at radius 2 is 2.15 bits per heavy atom. The van der Waals surface area contributed by atoms with Gasteiger partial charge in [-0.1, -0.05) is 30.3 Å². The molecule has 1 amide bonds. The minimum atomic E-state index is -0.187. The molecule has 138 valence electrons. The van der Waals surface area contributed by atoms with E-state index in [-0.39, 0.29) is 18.0 Å². The van der Waals surface area contributed by atoms with Crippen LogP contribution in [0.15, 0.2) is 29.1 Å². The van der Waals surface area contributed by atoms with Gasteiger partial charge in [-0.25, -0.2) is 4.68 Å². The summed E-state index contributed by atoms with van der Waals surface area (Å²) in [5.41, 5.74) is 3.04. The molecule has 7 heteroatoms. The lowest BCUT2D eigenvalue weighted by molar-refractivity contribution is -0.119. The molecule has 0 spiro atoms. The highest BCUT2D eigenvalue weighted by atomic mass is 32.1. The van der Waals surface area contributed by atoms with E-state index >= 15 is 0 Å². The number of benzene rings is 1. The van der Waals surface area contributed by atoms with Crippen molar-refractivity contribution in [2.45, 2.75) is 39.2 Å². The number of aryl methyl sites for hydroxylation is 1. The van der Waals surface area contributed by atoms with Crippen LogP contribution < -0.4 is 10.5 Å². The van der Waals surface area contributed by atoms with E-state index in [2.05, 4.69) is 17.2 Å². The van der Waals surface area contributed by atoms with Gasteiger partial charge in [0.05, 0.1) is 5.39 Å². The van der Waals surface area contributed by atoms with Gasteiger partial charge in [-0.05, 0) is 48.8 Å². The molecule has 0 radical (unpaired) electrons. The second-order valence-corrected chi connectivity index (χ2v) is 8.59. The summed E-state index contributed by atoms with van der Waals surface area (Å²) in [7, 11) is 0. The Hall–Kier alpha value is -2.54. The number of amides is 1. The quantitative estimate of drug-likeness (QED) is 0.685. The fraction of sp³-hybridized carbons (Fsp3) is 0.400. The molecule has 27 heavy (non-hydrogen) atoms. The molecule has 3 heterocycles. The van der Waals surface area contributed by atoms with Gasteiger partial charge in [-0.15, -0.1) is 16.4 Å². The maximum absolute atomic E-state index is 13.0. The van der Waals surface area contributed by atoms with Gasteiger partial charge in [0, 0.05) is 17.1 Å². The molecule has 3 aromatic rings. The number of nitrogens with zero attached hydrogens (tertiary/aromatic N) is 4. The van der Waals surface area contributed by atoms with Crippen LogP contribution in [-0.2, 0) is 30.6 Å². The Morgan fingerprint density at radius 1 is 1.30 bits per heavy atom. The summed E-state index contributed by atoms with van der Waals surface area (Å²) in [6, 6.07) is 7.91.